The minimum absolute atomic E-state index is 0.194. The van der Waals surface area contributed by atoms with Crippen molar-refractivity contribution in [1.29, 1.82) is 0 Å². The van der Waals surface area contributed by atoms with E-state index >= 15 is 0 Å². The van der Waals surface area contributed by atoms with Gasteiger partial charge in [-0.15, -0.1) is 0 Å². The molecule has 1 aromatic rings. The molecule has 3 heteroatoms. The maximum atomic E-state index is 6.05. The molecule has 0 aliphatic rings. The summed E-state index contributed by atoms with van der Waals surface area (Å²) in [6, 6.07) is 5.92. The summed E-state index contributed by atoms with van der Waals surface area (Å²) in [6.07, 6.45) is 1.05. The minimum atomic E-state index is 0.194. The predicted molar refractivity (Wildman–Crippen MR) is 72.1 cm³/mol. The van der Waals surface area contributed by atoms with E-state index in [1.54, 1.807) is 0 Å². The van der Waals surface area contributed by atoms with Crippen LogP contribution in [0.3, 0.4) is 0 Å². The third-order valence-electron chi connectivity index (χ3n) is 2.94. The van der Waals surface area contributed by atoms with Crippen LogP contribution in [-0.4, -0.2) is 13.1 Å². The average Bonchev–Trinajstić information content (AvgIpc) is 2.24. The molecule has 1 rings (SSSR count). The number of anilines is 1. The molecule has 0 bridgehead atoms. The summed E-state index contributed by atoms with van der Waals surface area (Å²) in [4.78, 5) is 0. The predicted octanol–water partition coefficient (Wildman–Crippen LogP) is 3.44. The highest BCUT2D eigenvalue weighted by molar-refractivity contribution is 6.31. The van der Waals surface area contributed by atoms with Crippen LogP contribution in [0.25, 0.3) is 0 Å². The number of rotatable bonds is 5. The first kappa shape index (κ1) is 13.3. The van der Waals surface area contributed by atoms with Gasteiger partial charge in [0.05, 0.1) is 0 Å². The van der Waals surface area contributed by atoms with E-state index in [-0.39, 0.29) is 5.41 Å². The third kappa shape index (κ3) is 3.69. The summed E-state index contributed by atoms with van der Waals surface area (Å²) in [5.41, 5.74) is 8.10. The molecule has 0 atom stereocenters. The van der Waals surface area contributed by atoms with Crippen LogP contribution in [-0.2, 0) is 0 Å². The van der Waals surface area contributed by atoms with Gasteiger partial charge in [-0.3, -0.25) is 0 Å². The van der Waals surface area contributed by atoms with Crippen molar-refractivity contribution >= 4 is 17.3 Å². The van der Waals surface area contributed by atoms with Gasteiger partial charge in [0, 0.05) is 17.3 Å². The summed E-state index contributed by atoms with van der Waals surface area (Å²) >= 11 is 6.05. The quantitative estimate of drug-likeness (QED) is 0.828. The van der Waals surface area contributed by atoms with Crippen molar-refractivity contribution in [3.63, 3.8) is 0 Å². The number of nitrogens with two attached hydrogens (primary N) is 1. The lowest BCUT2D eigenvalue weighted by Gasteiger charge is -2.22. The second kappa shape index (κ2) is 5.55. The Labute approximate surface area is 103 Å². The van der Waals surface area contributed by atoms with Gasteiger partial charge in [-0.05, 0) is 43.0 Å². The summed E-state index contributed by atoms with van der Waals surface area (Å²) in [5.74, 6) is 0. The van der Waals surface area contributed by atoms with Gasteiger partial charge >= 0.3 is 0 Å². The molecule has 0 spiro atoms. The Bertz CT molecular complexity index is 348. The van der Waals surface area contributed by atoms with Crippen LogP contribution in [0.1, 0.15) is 25.8 Å². The molecule has 0 heterocycles. The molecule has 16 heavy (non-hydrogen) atoms. The average molecular weight is 241 g/mol. The fourth-order valence-corrected chi connectivity index (χ4v) is 1.61. The maximum absolute atomic E-state index is 6.05. The largest absolute Gasteiger partial charge is 0.385 e. The van der Waals surface area contributed by atoms with E-state index in [0.717, 1.165) is 29.2 Å². The normalized spacial score (nSPS) is 11.6. The molecule has 0 saturated carbocycles. The molecule has 0 aliphatic heterocycles. The number of halogens is 1. The first-order chi connectivity index (χ1) is 7.46. The van der Waals surface area contributed by atoms with E-state index in [2.05, 4.69) is 25.2 Å². The van der Waals surface area contributed by atoms with E-state index in [1.807, 2.05) is 19.1 Å². The zero-order valence-electron chi connectivity index (χ0n) is 10.3. The van der Waals surface area contributed by atoms with E-state index in [9.17, 15) is 0 Å². The monoisotopic (exact) mass is 240 g/mol. The Balaban J connectivity index is 2.53. The lowest BCUT2D eigenvalue weighted by atomic mass is 9.90. The molecule has 0 fully saturated rings. The van der Waals surface area contributed by atoms with Gasteiger partial charge < -0.3 is 11.1 Å². The molecule has 0 radical (unpaired) electrons. The van der Waals surface area contributed by atoms with Crippen LogP contribution in [0.5, 0.6) is 0 Å². The summed E-state index contributed by atoms with van der Waals surface area (Å²) < 4.78 is 0. The highest BCUT2D eigenvalue weighted by Gasteiger charge is 2.14. The summed E-state index contributed by atoms with van der Waals surface area (Å²) in [6.45, 7) is 8.02. The van der Waals surface area contributed by atoms with Crippen molar-refractivity contribution < 1.29 is 0 Å². The Morgan fingerprint density at radius 2 is 2.06 bits per heavy atom. The van der Waals surface area contributed by atoms with Gasteiger partial charge in [0.15, 0.2) is 0 Å². The van der Waals surface area contributed by atoms with Gasteiger partial charge in [0.2, 0.25) is 0 Å². The Kier molecular flexibility index (Phi) is 4.63. The van der Waals surface area contributed by atoms with Crippen molar-refractivity contribution in [3.8, 4) is 0 Å². The molecular formula is C13H21ClN2. The maximum Gasteiger partial charge on any atom is 0.0455 e. The standard InChI is InChI=1S/C13H21ClN2/c1-10-11(14)5-4-6-12(10)16-8-7-13(2,3)9-15/h4-6,16H,7-9,15H2,1-3H3. The van der Waals surface area contributed by atoms with E-state index in [1.165, 1.54) is 0 Å². The first-order valence-electron chi connectivity index (χ1n) is 5.65. The van der Waals surface area contributed by atoms with Crippen LogP contribution in [0.15, 0.2) is 18.2 Å². The molecule has 3 N–H and O–H groups in total. The van der Waals surface area contributed by atoms with Crippen LogP contribution in [0.4, 0.5) is 5.69 Å². The summed E-state index contributed by atoms with van der Waals surface area (Å²) in [7, 11) is 0. The second-order valence-electron chi connectivity index (χ2n) is 4.96. The molecule has 1 aromatic carbocycles. The molecule has 0 aromatic heterocycles. The number of hydrogen-bond donors (Lipinski definition) is 2. The molecule has 0 amide bonds. The molecule has 0 saturated heterocycles. The fourth-order valence-electron chi connectivity index (χ4n) is 1.44. The van der Waals surface area contributed by atoms with Crippen molar-refractivity contribution in [2.24, 2.45) is 11.1 Å². The fraction of sp³-hybridized carbons (Fsp3) is 0.538. The van der Waals surface area contributed by atoms with Gasteiger partial charge in [0.25, 0.3) is 0 Å². The molecule has 90 valence electrons. The van der Waals surface area contributed by atoms with Crippen molar-refractivity contribution in [2.45, 2.75) is 27.2 Å². The minimum Gasteiger partial charge on any atom is -0.385 e. The van der Waals surface area contributed by atoms with Gasteiger partial charge in [-0.1, -0.05) is 31.5 Å². The molecule has 0 aliphatic carbocycles. The second-order valence-corrected chi connectivity index (χ2v) is 5.36. The lowest BCUT2D eigenvalue weighted by Crippen LogP contribution is -2.26. The van der Waals surface area contributed by atoms with Gasteiger partial charge in [0.1, 0.15) is 0 Å². The lowest BCUT2D eigenvalue weighted by molar-refractivity contribution is 0.358. The molecule has 2 nitrogen and oxygen atoms in total. The first-order valence-corrected chi connectivity index (χ1v) is 6.03. The number of nitrogens with one attached hydrogen (secondary N) is 1. The third-order valence-corrected chi connectivity index (χ3v) is 3.35. The van der Waals surface area contributed by atoms with Crippen LogP contribution < -0.4 is 11.1 Å². The SMILES string of the molecule is Cc1c(Cl)cccc1NCCC(C)(C)CN. The van der Waals surface area contributed by atoms with Gasteiger partial charge in [-0.25, -0.2) is 0 Å². The smallest absolute Gasteiger partial charge is 0.0455 e. The van der Waals surface area contributed by atoms with Gasteiger partial charge in [-0.2, -0.15) is 0 Å². The van der Waals surface area contributed by atoms with Crippen molar-refractivity contribution in [2.75, 3.05) is 18.4 Å². The Hall–Kier alpha value is -0.730. The summed E-state index contributed by atoms with van der Waals surface area (Å²) in [5, 5.41) is 4.21. The van der Waals surface area contributed by atoms with Crippen LogP contribution in [0, 0.1) is 12.3 Å². The number of benzene rings is 1. The Morgan fingerprint density at radius 3 is 2.69 bits per heavy atom. The van der Waals surface area contributed by atoms with Crippen LogP contribution in [0.2, 0.25) is 5.02 Å². The van der Waals surface area contributed by atoms with E-state index in [4.69, 9.17) is 17.3 Å². The zero-order valence-corrected chi connectivity index (χ0v) is 11.1. The topological polar surface area (TPSA) is 38.0 Å². The van der Waals surface area contributed by atoms with Crippen molar-refractivity contribution in [3.05, 3.63) is 28.8 Å². The zero-order chi connectivity index (χ0) is 12.2. The molecule has 0 unspecified atom stereocenters. The van der Waals surface area contributed by atoms with E-state index in [0.29, 0.717) is 6.54 Å². The highest BCUT2D eigenvalue weighted by Crippen LogP contribution is 2.24. The highest BCUT2D eigenvalue weighted by atomic mass is 35.5. The number of hydrogen-bond acceptors (Lipinski definition) is 2. The van der Waals surface area contributed by atoms with Crippen molar-refractivity contribution in [1.82, 2.24) is 0 Å². The molecular weight excluding hydrogens is 220 g/mol. The van der Waals surface area contributed by atoms with Crippen LogP contribution >= 0.6 is 11.6 Å². The Morgan fingerprint density at radius 1 is 1.38 bits per heavy atom. The van der Waals surface area contributed by atoms with E-state index < -0.39 is 0 Å².